The minimum absolute atomic E-state index is 0.0602. The second-order valence-corrected chi connectivity index (χ2v) is 4.40. The Morgan fingerprint density at radius 3 is 2.58 bits per heavy atom. The van der Waals surface area contributed by atoms with Gasteiger partial charge in [-0.15, -0.1) is 0 Å². The number of carbonyl (C=O) groups is 1. The van der Waals surface area contributed by atoms with Crippen molar-refractivity contribution in [3.8, 4) is 0 Å². The molecule has 0 saturated heterocycles. The molecule has 0 aliphatic carbocycles. The van der Waals surface area contributed by atoms with Crippen molar-refractivity contribution in [3.63, 3.8) is 0 Å². The first kappa shape index (κ1) is 13.3. The Morgan fingerprint density at radius 2 is 1.89 bits per heavy atom. The summed E-state index contributed by atoms with van der Waals surface area (Å²) in [7, 11) is 0. The van der Waals surface area contributed by atoms with E-state index < -0.39 is 11.6 Å². The molecule has 0 N–H and O–H groups in total. The smallest absolute Gasteiger partial charge is 0.169 e. The summed E-state index contributed by atoms with van der Waals surface area (Å²) in [5.41, 5.74) is 1.91. The normalized spacial score (nSPS) is 10.5. The van der Waals surface area contributed by atoms with Gasteiger partial charge in [0.15, 0.2) is 17.4 Å². The van der Waals surface area contributed by atoms with Crippen LogP contribution < -0.4 is 0 Å². The predicted molar refractivity (Wildman–Crippen MR) is 68.1 cm³/mol. The van der Waals surface area contributed by atoms with E-state index in [1.807, 2.05) is 6.92 Å². The fourth-order valence-electron chi connectivity index (χ4n) is 1.93. The van der Waals surface area contributed by atoms with E-state index in [2.05, 4.69) is 4.98 Å². The van der Waals surface area contributed by atoms with Crippen molar-refractivity contribution in [2.45, 2.75) is 20.3 Å². The third kappa shape index (κ3) is 2.84. The standard InChI is InChI=1S/C15H13F2NO/c1-9-6-7-12(10(2)18-9)14(19)8-11-4-3-5-13(16)15(11)17/h3-7H,8H2,1-2H3. The Bertz CT molecular complexity index is 638. The van der Waals surface area contributed by atoms with E-state index in [1.54, 1.807) is 19.1 Å². The Morgan fingerprint density at radius 1 is 1.16 bits per heavy atom. The molecule has 0 spiro atoms. The SMILES string of the molecule is Cc1ccc(C(=O)Cc2cccc(F)c2F)c(C)n1. The molecule has 19 heavy (non-hydrogen) atoms. The van der Waals surface area contributed by atoms with E-state index in [9.17, 15) is 13.6 Å². The van der Waals surface area contributed by atoms with Gasteiger partial charge >= 0.3 is 0 Å². The Kier molecular flexibility index (Phi) is 3.69. The highest BCUT2D eigenvalue weighted by atomic mass is 19.2. The van der Waals surface area contributed by atoms with Crippen molar-refractivity contribution in [2.24, 2.45) is 0 Å². The molecule has 98 valence electrons. The number of halogens is 2. The fraction of sp³-hybridized carbons (Fsp3) is 0.200. The lowest BCUT2D eigenvalue weighted by Crippen LogP contribution is -2.09. The van der Waals surface area contributed by atoms with E-state index in [-0.39, 0.29) is 17.8 Å². The van der Waals surface area contributed by atoms with E-state index in [0.717, 1.165) is 11.8 Å². The van der Waals surface area contributed by atoms with Gasteiger partial charge in [-0.3, -0.25) is 9.78 Å². The third-order valence-corrected chi connectivity index (χ3v) is 2.91. The molecule has 0 saturated carbocycles. The van der Waals surface area contributed by atoms with Crippen molar-refractivity contribution in [1.29, 1.82) is 0 Å². The van der Waals surface area contributed by atoms with Crippen LogP contribution >= 0.6 is 0 Å². The van der Waals surface area contributed by atoms with Gasteiger partial charge in [0.1, 0.15) is 0 Å². The van der Waals surface area contributed by atoms with Crippen LogP contribution in [-0.4, -0.2) is 10.8 Å². The lowest BCUT2D eigenvalue weighted by atomic mass is 10.0. The second kappa shape index (κ2) is 5.26. The van der Waals surface area contributed by atoms with E-state index >= 15 is 0 Å². The highest BCUT2D eigenvalue weighted by Gasteiger charge is 2.15. The van der Waals surface area contributed by atoms with Crippen LogP contribution in [0.5, 0.6) is 0 Å². The van der Waals surface area contributed by atoms with Crippen LogP contribution in [0, 0.1) is 25.5 Å². The van der Waals surface area contributed by atoms with E-state index in [4.69, 9.17) is 0 Å². The monoisotopic (exact) mass is 261 g/mol. The summed E-state index contributed by atoms with van der Waals surface area (Å²) in [5.74, 6) is -2.17. The van der Waals surface area contributed by atoms with Crippen LogP contribution in [0.1, 0.15) is 27.3 Å². The maximum Gasteiger partial charge on any atom is 0.169 e. The molecule has 1 aromatic heterocycles. The number of rotatable bonds is 3. The van der Waals surface area contributed by atoms with Gasteiger partial charge in [0, 0.05) is 23.4 Å². The third-order valence-electron chi connectivity index (χ3n) is 2.91. The number of pyridine rings is 1. The average molecular weight is 261 g/mol. The van der Waals surface area contributed by atoms with Crippen LogP contribution in [0.4, 0.5) is 8.78 Å². The summed E-state index contributed by atoms with van der Waals surface area (Å²) in [6.07, 6.45) is -0.171. The zero-order valence-electron chi connectivity index (χ0n) is 10.7. The molecule has 0 fully saturated rings. The number of ketones is 1. The topological polar surface area (TPSA) is 30.0 Å². The molecule has 0 aliphatic heterocycles. The quantitative estimate of drug-likeness (QED) is 0.792. The van der Waals surface area contributed by atoms with E-state index in [0.29, 0.717) is 11.3 Å². The largest absolute Gasteiger partial charge is 0.294 e. The van der Waals surface area contributed by atoms with Crippen molar-refractivity contribution < 1.29 is 13.6 Å². The number of benzene rings is 1. The second-order valence-electron chi connectivity index (χ2n) is 4.40. The molecule has 0 aliphatic rings. The van der Waals surface area contributed by atoms with Gasteiger partial charge in [-0.1, -0.05) is 12.1 Å². The highest BCUT2D eigenvalue weighted by molar-refractivity contribution is 5.98. The predicted octanol–water partition coefficient (Wildman–Crippen LogP) is 3.40. The van der Waals surface area contributed by atoms with Gasteiger partial charge < -0.3 is 0 Å². The minimum Gasteiger partial charge on any atom is -0.294 e. The number of nitrogens with zero attached hydrogens (tertiary/aromatic N) is 1. The molecule has 2 rings (SSSR count). The minimum atomic E-state index is -0.964. The molecule has 2 nitrogen and oxygen atoms in total. The molecular formula is C15H13F2NO. The van der Waals surface area contributed by atoms with Crippen LogP contribution in [0.15, 0.2) is 30.3 Å². The highest BCUT2D eigenvalue weighted by Crippen LogP contribution is 2.15. The molecule has 0 radical (unpaired) electrons. The Hall–Kier alpha value is -2.10. The first-order valence-corrected chi connectivity index (χ1v) is 5.89. The maximum atomic E-state index is 13.5. The van der Waals surface area contributed by atoms with Crippen LogP contribution in [0.3, 0.4) is 0 Å². The average Bonchev–Trinajstić information content (AvgIpc) is 2.34. The molecule has 1 heterocycles. The van der Waals surface area contributed by atoms with Crippen molar-refractivity contribution >= 4 is 5.78 Å². The van der Waals surface area contributed by atoms with Gasteiger partial charge in [0.25, 0.3) is 0 Å². The summed E-state index contributed by atoms with van der Waals surface area (Å²) in [6, 6.07) is 7.22. The van der Waals surface area contributed by atoms with Gasteiger partial charge in [-0.05, 0) is 37.6 Å². The number of Topliss-reactive ketones (excluding diaryl/α,β-unsaturated/α-hetero) is 1. The number of hydrogen-bond acceptors (Lipinski definition) is 2. The van der Waals surface area contributed by atoms with Gasteiger partial charge in [0.05, 0.1) is 0 Å². The number of aryl methyl sites for hydroxylation is 2. The molecule has 0 unspecified atom stereocenters. The summed E-state index contributed by atoms with van der Waals surface area (Å²) in [4.78, 5) is 16.3. The van der Waals surface area contributed by atoms with Crippen molar-refractivity contribution in [2.75, 3.05) is 0 Å². The van der Waals surface area contributed by atoms with Gasteiger partial charge in [0.2, 0.25) is 0 Å². The molecule has 0 bridgehead atoms. The summed E-state index contributed by atoms with van der Waals surface area (Å²) < 4.78 is 26.6. The number of aromatic nitrogens is 1. The van der Waals surface area contributed by atoms with Crippen LogP contribution in [0.25, 0.3) is 0 Å². The van der Waals surface area contributed by atoms with Crippen LogP contribution in [-0.2, 0) is 6.42 Å². The molecule has 0 amide bonds. The lowest BCUT2D eigenvalue weighted by Gasteiger charge is -2.06. The first-order chi connectivity index (χ1) is 8.99. The molecule has 2 aromatic rings. The Balaban J connectivity index is 2.28. The number of hydrogen-bond donors (Lipinski definition) is 0. The van der Waals surface area contributed by atoms with Gasteiger partial charge in [-0.2, -0.15) is 0 Å². The lowest BCUT2D eigenvalue weighted by molar-refractivity contribution is 0.0990. The maximum absolute atomic E-state index is 13.5. The zero-order chi connectivity index (χ0) is 14.0. The zero-order valence-corrected chi connectivity index (χ0v) is 10.7. The molecule has 1 aromatic carbocycles. The van der Waals surface area contributed by atoms with Crippen molar-refractivity contribution in [1.82, 2.24) is 4.98 Å². The van der Waals surface area contributed by atoms with Crippen LogP contribution in [0.2, 0.25) is 0 Å². The Labute approximate surface area is 110 Å². The first-order valence-electron chi connectivity index (χ1n) is 5.89. The summed E-state index contributed by atoms with van der Waals surface area (Å²) in [5, 5.41) is 0. The molecule has 4 heteroatoms. The fourth-order valence-corrected chi connectivity index (χ4v) is 1.93. The molecule has 0 atom stereocenters. The number of carbonyl (C=O) groups excluding carboxylic acids is 1. The summed E-state index contributed by atoms with van der Waals surface area (Å²) in [6.45, 7) is 3.55. The van der Waals surface area contributed by atoms with Gasteiger partial charge in [-0.25, -0.2) is 8.78 Å². The summed E-state index contributed by atoms with van der Waals surface area (Å²) >= 11 is 0. The van der Waals surface area contributed by atoms with Crippen molar-refractivity contribution in [3.05, 3.63) is 64.5 Å². The molecular weight excluding hydrogens is 248 g/mol. The van der Waals surface area contributed by atoms with E-state index in [1.165, 1.54) is 12.1 Å².